The summed E-state index contributed by atoms with van der Waals surface area (Å²) in [5, 5.41) is 2.87. The molecule has 1 atom stereocenters. The second-order valence-electron chi connectivity index (χ2n) is 8.77. The molecule has 1 amide bonds. The van der Waals surface area contributed by atoms with Crippen molar-refractivity contribution in [3.8, 4) is 0 Å². The van der Waals surface area contributed by atoms with Gasteiger partial charge in [0.25, 0.3) is 0 Å². The van der Waals surface area contributed by atoms with Crippen LogP contribution in [0.1, 0.15) is 68.2 Å². The van der Waals surface area contributed by atoms with Crippen LogP contribution in [-0.4, -0.2) is 17.7 Å². The van der Waals surface area contributed by atoms with Crippen LogP contribution >= 0.6 is 0 Å². The lowest BCUT2D eigenvalue weighted by Gasteiger charge is -2.33. The van der Waals surface area contributed by atoms with Gasteiger partial charge in [-0.05, 0) is 57.3 Å². The molecule has 21 heavy (non-hydrogen) atoms. The van der Waals surface area contributed by atoms with Crippen molar-refractivity contribution >= 4 is 6.09 Å². The Hall–Kier alpha value is -0.990. The van der Waals surface area contributed by atoms with E-state index in [1.165, 1.54) is 12.8 Å². The molecule has 1 N–H and O–H groups in total. The molecule has 0 spiro atoms. The standard InChI is InChI=1S/C18H33NO2/c1-13(19-15(20)21-16(2,3)4)9-10-14-17(5,6)11-12-18(14,7)8/h9-10,13-14H,11-12H2,1-8H3,(H,19,20). The van der Waals surface area contributed by atoms with Gasteiger partial charge in [0.05, 0.1) is 0 Å². The van der Waals surface area contributed by atoms with Crippen molar-refractivity contribution in [2.45, 2.75) is 79.9 Å². The number of ether oxygens (including phenoxy) is 1. The molecule has 1 aliphatic rings. The minimum atomic E-state index is -0.455. The summed E-state index contributed by atoms with van der Waals surface area (Å²) in [6.45, 7) is 16.9. The van der Waals surface area contributed by atoms with Gasteiger partial charge in [-0.25, -0.2) is 4.79 Å². The molecular formula is C18H33NO2. The Kier molecular flexibility index (Phi) is 5.18. The van der Waals surface area contributed by atoms with Crippen molar-refractivity contribution < 1.29 is 9.53 Å². The second-order valence-corrected chi connectivity index (χ2v) is 8.77. The largest absolute Gasteiger partial charge is 0.444 e. The van der Waals surface area contributed by atoms with Gasteiger partial charge >= 0.3 is 6.09 Å². The predicted octanol–water partition coefficient (Wildman–Crippen LogP) is 4.92. The van der Waals surface area contributed by atoms with Crippen molar-refractivity contribution in [1.29, 1.82) is 0 Å². The molecule has 0 aromatic carbocycles. The zero-order valence-electron chi connectivity index (χ0n) is 15.0. The summed E-state index contributed by atoms with van der Waals surface area (Å²) >= 11 is 0. The van der Waals surface area contributed by atoms with Crippen LogP contribution in [0, 0.1) is 16.7 Å². The molecule has 1 aliphatic carbocycles. The third-order valence-corrected chi connectivity index (χ3v) is 4.43. The molecule has 1 saturated carbocycles. The predicted molar refractivity (Wildman–Crippen MR) is 88.3 cm³/mol. The average molecular weight is 295 g/mol. The zero-order valence-corrected chi connectivity index (χ0v) is 15.0. The van der Waals surface area contributed by atoms with E-state index in [2.05, 4.69) is 45.2 Å². The number of amides is 1. The first-order valence-corrected chi connectivity index (χ1v) is 8.01. The molecule has 3 heteroatoms. The van der Waals surface area contributed by atoms with Crippen molar-refractivity contribution in [3.63, 3.8) is 0 Å². The van der Waals surface area contributed by atoms with Crippen LogP contribution in [0.25, 0.3) is 0 Å². The topological polar surface area (TPSA) is 38.3 Å². The number of carbonyl (C=O) groups excluding carboxylic acids is 1. The van der Waals surface area contributed by atoms with Crippen LogP contribution in [0.2, 0.25) is 0 Å². The number of nitrogens with one attached hydrogen (secondary N) is 1. The fraction of sp³-hybridized carbons (Fsp3) is 0.833. The van der Waals surface area contributed by atoms with Gasteiger partial charge in [0.15, 0.2) is 0 Å². The van der Waals surface area contributed by atoms with E-state index >= 15 is 0 Å². The van der Waals surface area contributed by atoms with E-state index in [4.69, 9.17) is 4.74 Å². The number of carbonyl (C=O) groups is 1. The highest BCUT2D eigenvalue weighted by atomic mass is 16.6. The first kappa shape index (κ1) is 18.1. The van der Waals surface area contributed by atoms with Crippen LogP contribution in [0.5, 0.6) is 0 Å². The SMILES string of the molecule is CC(C=CC1C(C)(C)CCC1(C)C)NC(=O)OC(C)(C)C. The van der Waals surface area contributed by atoms with Crippen molar-refractivity contribution in [2.24, 2.45) is 16.7 Å². The highest BCUT2D eigenvalue weighted by Gasteiger charge is 2.45. The van der Waals surface area contributed by atoms with E-state index in [1.807, 2.05) is 27.7 Å². The number of hydrogen-bond donors (Lipinski definition) is 1. The van der Waals surface area contributed by atoms with Crippen LogP contribution in [-0.2, 0) is 4.74 Å². The highest BCUT2D eigenvalue weighted by molar-refractivity contribution is 5.68. The van der Waals surface area contributed by atoms with Crippen molar-refractivity contribution in [3.05, 3.63) is 12.2 Å². The molecule has 0 aromatic rings. The van der Waals surface area contributed by atoms with Gasteiger partial charge in [-0.1, -0.05) is 39.8 Å². The van der Waals surface area contributed by atoms with Gasteiger partial charge in [-0.15, -0.1) is 0 Å². The van der Waals surface area contributed by atoms with Crippen LogP contribution in [0.4, 0.5) is 4.79 Å². The molecular weight excluding hydrogens is 262 g/mol. The molecule has 0 bridgehead atoms. The number of hydrogen-bond acceptors (Lipinski definition) is 2. The van der Waals surface area contributed by atoms with Gasteiger partial charge in [0.1, 0.15) is 5.60 Å². The minimum absolute atomic E-state index is 0.0213. The zero-order chi connectivity index (χ0) is 16.5. The monoisotopic (exact) mass is 295 g/mol. The first-order valence-electron chi connectivity index (χ1n) is 8.01. The molecule has 1 unspecified atom stereocenters. The van der Waals surface area contributed by atoms with E-state index in [1.54, 1.807) is 0 Å². The summed E-state index contributed by atoms with van der Waals surface area (Å²) in [5.74, 6) is 0.535. The molecule has 1 fully saturated rings. The summed E-state index contributed by atoms with van der Waals surface area (Å²) in [6.07, 6.45) is 6.54. The Bertz CT molecular complexity index is 386. The Labute approximate surface area is 130 Å². The van der Waals surface area contributed by atoms with Crippen molar-refractivity contribution in [1.82, 2.24) is 5.32 Å². The van der Waals surface area contributed by atoms with E-state index in [-0.39, 0.29) is 12.1 Å². The maximum absolute atomic E-state index is 11.8. The second kappa shape index (κ2) is 6.02. The van der Waals surface area contributed by atoms with E-state index in [0.717, 1.165) is 0 Å². The molecule has 0 aromatic heterocycles. The quantitative estimate of drug-likeness (QED) is 0.751. The van der Waals surface area contributed by atoms with Gasteiger partial charge < -0.3 is 10.1 Å². The summed E-state index contributed by atoms with van der Waals surface area (Å²) in [4.78, 5) is 11.8. The van der Waals surface area contributed by atoms with Gasteiger partial charge in [0.2, 0.25) is 0 Å². The van der Waals surface area contributed by atoms with Crippen LogP contribution in [0.3, 0.4) is 0 Å². The third kappa shape index (κ3) is 5.37. The number of rotatable bonds is 3. The minimum Gasteiger partial charge on any atom is -0.444 e. The van der Waals surface area contributed by atoms with Crippen molar-refractivity contribution in [2.75, 3.05) is 0 Å². The molecule has 122 valence electrons. The Balaban J connectivity index is 2.61. The maximum Gasteiger partial charge on any atom is 0.408 e. The molecule has 3 nitrogen and oxygen atoms in total. The third-order valence-electron chi connectivity index (χ3n) is 4.43. The lowest BCUT2D eigenvalue weighted by molar-refractivity contribution is 0.0518. The average Bonchev–Trinajstić information content (AvgIpc) is 2.43. The lowest BCUT2D eigenvalue weighted by Crippen LogP contribution is -2.37. The smallest absolute Gasteiger partial charge is 0.408 e. The summed E-state index contributed by atoms with van der Waals surface area (Å²) in [7, 11) is 0. The van der Waals surface area contributed by atoms with E-state index < -0.39 is 5.60 Å². The molecule has 0 heterocycles. The molecule has 1 rings (SSSR count). The summed E-state index contributed by atoms with van der Waals surface area (Å²) in [6, 6.07) is -0.0213. The Morgan fingerprint density at radius 2 is 1.67 bits per heavy atom. The highest BCUT2D eigenvalue weighted by Crippen LogP contribution is 2.54. The summed E-state index contributed by atoms with van der Waals surface area (Å²) < 4.78 is 5.28. The summed E-state index contributed by atoms with van der Waals surface area (Å²) in [5.41, 5.74) is 0.195. The molecule has 0 radical (unpaired) electrons. The normalized spacial score (nSPS) is 23.2. The van der Waals surface area contributed by atoms with E-state index in [9.17, 15) is 4.79 Å². The molecule has 0 aliphatic heterocycles. The molecule has 0 saturated heterocycles. The van der Waals surface area contributed by atoms with Gasteiger partial charge in [-0.3, -0.25) is 0 Å². The Morgan fingerprint density at radius 1 is 1.19 bits per heavy atom. The fourth-order valence-electron chi connectivity index (χ4n) is 3.35. The maximum atomic E-state index is 11.8. The van der Waals surface area contributed by atoms with Gasteiger partial charge in [-0.2, -0.15) is 0 Å². The fourth-order valence-corrected chi connectivity index (χ4v) is 3.35. The number of alkyl carbamates (subject to hydrolysis) is 1. The van der Waals surface area contributed by atoms with E-state index in [0.29, 0.717) is 16.7 Å². The Morgan fingerprint density at radius 3 is 2.10 bits per heavy atom. The first-order chi connectivity index (χ1) is 9.33. The van der Waals surface area contributed by atoms with Gasteiger partial charge in [0, 0.05) is 6.04 Å². The van der Waals surface area contributed by atoms with Crippen LogP contribution in [0.15, 0.2) is 12.2 Å². The lowest BCUT2D eigenvalue weighted by atomic mass is 9.72. The van der Waals surface area contributed by atoms with Crippen LogP contribution < -0.4 is 5.32 Å². The number of allylic oxidation sites excluding steroid dienone is 1.